The highest BCUT2D eigenvalue weighted by atomic mass is 32.1. The first-order valence-electron chi connectivity index (χ1n) is 9.60. The summed E-state index contributed by atoms with van der Waals surface area (Å²) in [5.41, 5.74) is 2.03. The number of anilines is 1. The molecule has 4 rings (SSSR count). The number of hydrogen-bond donors (Lipinski definition) is 1. The minimum Gasteiger partial charge on any atom is -0.496 e. The van der Waals surface area contributed by atoms with Crippen molar-refractivity contribution < 1.29 is 9.53 Å². The van der Waals surface area contributed by atoms with Gasteiger partial charge >= 0.3 is 0 Å². The van der Waals surface area contributed by atoms with Gasteiger partial charge in [0.25, 0.3) is 0 Å². The summed E-state index contributed by atoms with van der Waals surface area (Å²) in [6.45, 7) is 2.26. The number of nitrogens with zero attached hydrogens (tertiary/aromatic N) is 3. The number of aromatic nitrogens is 2. The number of hydrogen-bond acceptors (Lipinski definition) is 6. The third-order valence-electron chi connectivity index (χ3n) is 5.10. The number of benzene rings is 1. The number of para-hydroxylation sites is 1. The number of piperidine rings is 1. The van der Waals surface area contributed by atoms with E-state index in [1.54, 1.807) is 24.6 Å². The number of methoxy groups -OCH3 is 1. The van der Waals surface area contributed by atoms with Crippen LogP contribution in [-0.4, -0.2) is 42.6 Å². The highest BCUT2D eigenvalue weighted by molar-refractivity contribution is 7.21. The maximum absolute atomic E-state index is 12.7. The topological polar surface area (TPSA) is 67.3 Å². The van der Waals surface area contributed by atoms with Gasteiger partial charge in [-0.2, -0.15) is 0 Å². The minimum atomic E-state index is -0.00797. The zero-order chi connectivity index (χ0) is 19.3. The van der Waals surface area contributed by atoms with Gasteiger partial charge in [-0.15, -0.1) is 0 Å². The van der Waals surface area contributed by atoms with Crippen LogP contribution in [0.5, 0.6) is 5.75 Å². The van der Waals surface area contributed by atoms with Crippen LogP contribution >= 0.6 is 11.3 Å². The van der Waals surface area contributed by atoms with Crippen LogP contribution < -0.4 is 15.0 Å². The standard InChI is InChI=1S/C21H24N4O2S/c1-27-18-9-3-2-6-15(18)10-12-22-19(26)16-7-5-13-25(14-16)21-24-17-8-4-11-23-20(17)28-21/h2-4,6,8-9,11,16H,5,7,10,12-14H2,1H3,(H,22,26). The molecule has 1 unspecified atom stereocenters. The fourth-order valence-electron chi connectivity index (χ4n) is 3.63. The summed E-state index contributed by atoms with van der Waals surface area (Å²) < 4.78 is 5.38. The van der Waals surface area contributed by atoms with Gasteiger partial charge in [0.1, 0.15) is 16.1 Å². The van der Waals surface area contributed by atoms with Crippen molar-refractivity contribution in [2.24, 2.45) is 5.92 Å². The van der Waals surface area contributed by atoms with Crippen LogP contribution in [0.1, 0.15) is 18.4 Å². The molecule has 2 aromatic heterocycles. The Morgan fingerprint density at radius 2 is 2.21 bits per heavy atom. The van der Waals surface area contributed by atoms with Crippen LogP contribution in [0.2, 0.25) is 0 Å². The summed E-state index contributed by atoms with van der Waals surface area (Å²) >= 11 is 1.59. The zero-order valence-corrected chi connectivity index (χ0v) is 16.7. The average Bonchev–Trinajstić information content (AvgIpc) is 3.18. The van der Waals surface area contributed by atoms with E-state index in [0.717, 1.165) is 52.6 Å². The lowest BCUT2D eigenvalue weighted by Gasteiger charge is -2.31. The maximum Gasteiger partial charge on any atom is 0.224 e. The Balaban J connectivity index is 1.34. The molecule has 1 aromatic carbocycles. The molecule has 6 nitrogen and oxygen atoms in total. The van der Waals surface area contributed by atoms with Crippen molar-refractivity contribution in [2.75, 3.05) is 31.6 Å². The van der Waals surface area contributed by atoms with Crippen molar-refractivity contribution >= 4 is 32.7 Å². The van der Waals surface area contributed by atoms with E-state index >= 15 is 0 Å². The summed E-state index contributed by atoms with van der Waals surface area (Å²) in [5, 5.41) is 4.06. The van der Waals surface area contributed by atoms with E-state index in [1.165, 1.54) is 0 Å². The number of rotatable bonds is 6. The van der Waals surface area contributed by atoms with Gasteiger partial charge in [0.15, 0.2) is 5.13 Å². The predicted molar refractivity (Wildman–Crippen MR) is 112 cm³/mol. The Hall–Kier alpha value is -2.67. The molecule has 0 saturated carbocycles. The molecular formula is C21H24N4O2S. The monoisotopic (exact) mass is 396 g/mol. The molecule has 146 valence electrons. The van der Waals surface area contributed by atoms with Crippen molar-refractivity contribution in [3.05, 3.63) is 48.2 Å². The largest absolute Gasteiger partial charge is 0.496 e. The van der Waals surface area contributed by atoms with Crippen molar-refractivity contribution in [3.8, 4) is 5.75 Å². The molecule has 1 fully saturated rings. The smallest absolute Gasteiger partial charge is 0.224 e. The molecular weight excluding hydrogens is 372 g/mol. The van der Waals surface area contributed by atoms with Gasteiger partial charge in [-0.1, -0.05) is 29.5 Å². The molecule has 28 heavy (non-hydrogen) atoms. The van der Waals surface area contributed by atoms with E-state index in [-0.39, 0.29) is 11.8 Å². The van der Waals surface area contributed by atoms with E-state index in [4.69, 9.17) is 4.74 Å². The van der Waals surface area contributed by atoms with Crippen molar-refractivity contribution in [3.63, 3.8) is 0 Å². The molecule has 0 spiro atoms. The normalized spacial score (nSPS) is 16.9. The lowest BCUT2D eigenvalue weighted by molar-refractivity contribution is -0.125. The number of pyridine rings is 1. The van der Waals surface area contributed by atoms with Crippen molar-refractivity contribution in [1.29, 1.82) is 0 Å². The number of ether oxygens (including phenoxy) is 1. The Morgan fingerprint density at radius 1 is 1.32 bits per heavy atom. The number of amides is 1. The fraction of sp³-hybridized carbons (Fsp3) is 0.381. The van der Waals surface area contributed by atoms with Crippen LogP contribution in [0.3, 0.4) is 0 Å². The Labute approximate surface area is 168 Å². The average molecular weight is 397 g/mol. The van der Waals surface area contributed by atoms with E-state index in [2.05, 4.69) is 20.2 Å². The molecule has 1 saturated heterocycles. The van der Waals surface area contributed by atoms with Crippen LogP contribution in [-0.2, 0) is 11.2 Å². The van der Waals surface area contributed by atoms with Gasteiger partial charge < -0.3 is 15.0 Å². The Morgan fingerprint density at radius 3 is 3.07 bits per heavy atom. The summed E-state index contributed by atoms with van der Waals surface area (Å²) in [7, 11) is 1.67. The predicted octanol–water partition coefficient (Wildman–Crippen LogP) is 3.28. The van der Waals surface area contributed by atoms with E-state index < -0.39 is 0 Å². The third-order valence-corrected chi connectivity index (χ3v) is 6.14. The molecule has 3 aromatic rings. The molecule has 7 heteroatoms. The van der Waals surface area contributed by atoms with E-state index in [9.17, 15) is 4.79 Å². The second kappa shape index (κ2) is 8.56. The van der Waals surface area contributed by atoms with Crippen LogP contribution in [0.15, 0.2) is 42.6 Å². The second-order valence-electron chi connectivity index (χ2n) is 6.96. The molecule has 0 aliphatic carbocycles. The Bertz CT molecular complexity index is 925. The Kier molecular flexibility index (Phi) is 5.71. The molecule has 1 aliphatic heterocycles. The molecule has 0 bridgehead atoms. The quantitative estimate of drug-likeness (QED) is 0.693. The van der Waals surface area contributed by atoms with Crippen LogP contribution in [0.4, 0.5) is 5.13 Å². The molecule has 1 aliphatic rings. The lowest BCUT2D eigenvalue weighted by atomic mass is 9.97. The number of thiazole rings is 1. The molecule has 0 radical (unpaired) electrons. The van der Waals surface area contributed by atoms with Crippen LogP contribution in [0, 0.1) is 5.92 Å². The maximum atomic E-state index is 12.7. The summed E-state index contributed by atoms with van der Waals surface area (Å²) in [6.07, 6.45) is 4.46. The van der Waals surface area contributed by atoms with Gasteiger partial charge in [-0.05, 0) is 43.0 Å². The van der Waals surface area contributed by atoms with E-state index in [0.29, 0.717) is 13.1 Å². The van der Waals surface area contributed by atoms with Gasteiger partial charge in [-0.3, -0.25) is 4.79 Å². The second-order valence-corrected chi connectivity index (χ2v) is 7.92. The number of nitrogens with one attached hydrogen (secondary N) is 1. The van der Waals surface area contributed by atoms with Gasteiger partial charge in [0.2, 0.25) is 5.91 Å². The zero-order valence-electron chi connectivity index (χ0n) is 15.9. The van der Waals surface area contributed by atoms with Gasteiger partial charge in [0.05, 0.1) is 13.0 Å². The van der Waals surface area contributed by atoms with E-state index in [1.807, 2.05) is 36.4 Å². The molecule has 3 heterocycles. The molecule has 1 N–H and O–H groups in total. The highest BCUT2D eigenvalue weighted by Gasteiger charge is 2.27. The summed E-state index contributed by atoms with van der Waals surface area (Å²) in [5.74, 6) is 0.982. The third kappa shape index (κ3) is 4.09. The molecule has 1 amide bonds. The SMILES string of the molecule is COc1ccccc1CCNC(=O)C1CCCN(c2nc3cccnc3s2)C1. The van der Waals surface area contributed by atoms with Gasteiger partial charge in [-0.25, -0.2) is 9.97 Å². The minimum absolute atomic E-state index is 0.00797. The first kappa shape index (κ1) is 18.7. The number of carbonyl (C=O) groups excluding carboxylic acids is 1. The summed E-state index contributed by atoms with van der Waals surface area (Å²) in [4.78, 5) is 24.9. The number of carbonyl (C=O) groups is 1. The number of fused-ring (bicyclic) bond motifs is 1. The lowest BCUT2D eigenvalue weighted by Crippen LogP contribution is -2.43. The fourth-order valence-corrected chi connectivity index (χ4v) is 4.58. The van der Waals surface area contributed by atoms with Crippen molar-refractivity contribution in [2.45, 2.75) is 19.3 Å². The van der Waals surface area contributed by atoms with Crippen molar-refractivity contribution in [1.82, 2.24) is 15.3 Å². The first-order chi connectivity index (χ1) is 13.7. The first-order valence-corrected chi connectivity index (χ1v) is 10.4. The summed E-state index contributed by atoms with van der Waals surface area (Å²) in [6, 6.07) is 11.8. The van der Waals surface area contributed by atoms with Crippen LogP contribution in [0.25, 0.3) is 10.3 Å². The molecule has 1 atom stereocenters. The highest BCUT2D eigenvalue weighted by Crippen LogP contribution is 2.30. The van der Waals surface area contributed by atoms with Gasteiger partial charge in [0, 0.05) is 25.8 Å².